The van der Waals surface area contributed by atoms with E-state index < -0.39 is 50.4 Å². The number of fused-ring (bicyclic) bond motifs is 15. The van der Waals surface area contributed by atoms with Crippen molar-refractivity contribution >= 4 is 12.1 Å². The van der Waals surface area contributed by atoms with Crippen molar-refractivity contribution in [2.75, 3.05) is 6.26 Å². The van der Waals surface area contributed by atoms with Crippen LogP contribution in [0.4, 0.5) is 3.89 Å². The largest absolute Gasteiger partial charge is 0.390 e. The molecule has 0 aliphatic heterocycles. The molecule has 11 heteroatoms. The van der Waals surface area contributed by atoms with Gasteiger partial charge in [-0.1, -0.05) is 118 Å². The van der Waals surface area contributed by atoms with Crippen LogP contribution in [0, 0.1) is 121 Å². The highest BCUT2D eigenvalue weighted by Crippen LogP contribution is 2.74. The Morgan fingerprint density at radius 3 is 0.808 bits per heavy atom. The maximum atomic E-state index is 11.9. The zero-order valence-corrected chi connectivity index (χ0v) is 68.2. The molecular formula is C88H153FO9S. The van der Waals surface area contributed by atoms with Crippen LogP contribution in [0.2, 0.25) is 0 Å². The highest BCUT2D eigenvalue weighted by atomic mass is 32.2. The van der Waals surface area contributed by atoms with Crippen LogP contribution in [0.1, 0.15) is 338 Å². The molecule has 0 bridgehead atoms. The fourth-order valence-corrected chi connectivity index (χ4v) is 27.3. The van der Waals surface area contributed by atoms with Gasteiger partial charge in [0.25, 0.3) is 0 Å². The topological polar surface area (TPSA) is 182 Å². The Morgan fingerprint density at radius 1 is 0.384 bits per heavy atom. The van der Waals surface area contributed by atoms with E-state index in [0.717, 1.165) is 116 Å². The summed E-state index contributed by atoms with van der Waals surface area (Å²) in [4.78, 5) is 0. The van der Waals surface area contributed by atoms with Gasteiger partial charge in [0.1, 0.15) is 0 Å². The molecule has 0 amide bonds. The van der Waals surface area contributed by atoms with Gasteiger partial charge < -0.3 is 46.0 Å². The Kier molecular flexibility index (Phi) is 23.8. The first-order valence-electron chi connectivity index (χ1n) is 41.2. The zero-order valence-electron chi connectivity index (χ0n) is 67.4. The van der Waals surface area contributed by atoms with E-state index in [1.165, 1.54) is 100 Å². The van der Waals surface area contributed by atoms with Gasteiger partial charge in [-0.2, -0.15) is 3.89 Å². The molecule has 99 heavy (non-hydrogen) atoms. The van der Waals surface area contributed by atoms with Crippen molar-refractivity contribution in [3.05, 3.63) is 34.9 Å². The molecule has 9 fully saturated rings. The number of aliphatic hydroxyl groups is 9. The van der Waals surface area contributed by atoms with Crippen molar-refractivity contribution < 1.29 is 49.8 Å². The molecule has 27 atom stereocenters. The third-order valence-electron chi connectivity index (χ3n) is 33.7. The smallest absolute Gasteiger partial charge is 0.0836 e. The molecule has 12 aliphatic carbocycles. The lowest BCUT2D eigenvalue weighted by Gasteiger charge is -2.62. The summed E-state index contributed by atoms with van der Waals surface area (Å²) in [6.45, 7) is 46.2. The van der Waals surface area contributed by atoms with Crippen LogP contribution in [0.15, 0.2) is 34.9 Å². The SMILES string of the molecule is CC[C@]1(O)CC[C@@]2(C)C(=CC(C)(O)[C@H]3[C@@H]4CC[C@H]([C@H](C)CCC(C)(C)O)[C@@]4(C)CC[C@@H]32)C1.CC[C@]1(O)CC[C@@]2(C)C(=C[C@@](C)(O)[C@H]3[C@@H]4CC[C@H]([C@H](C)CCC(C)(C)O)[C@@]4(C)CC[C@@H]32)C1.CC[C@]1(O)CC[C@@]2(C)C(=C[C@](C)(O)[C@H]3[C@@H]4CC[C@H]([C@H](C)CCC(C)(C)O)[C@@]4(C)CC[C@@H]32)C1.CSF. The standard InChI is InChI=1S/3C29H50O3.CH3FS/c3*1-8-29(32)16-15-26(5)20(18-29)17-28(7,31)24-22-10-9-21(19(2)11-13-25(3,4)30)27(22,6)14-12-23(24)26;1-3-2/h3*17,19,21-24,30-32H,8-16,18H2,1-7H3;1H3/t19-,21-,22+,23+,24+,26+,27-,28?,29+;19-,21-,22+,23+,24+,26+,27-,28+,29+;19-,21-,22+,23+,24+,26+,27-,28-,29+;/m111./s1. The normalized spacial score (nSPS) is 48.3. The third kappa shape index (κ3) is 15.8. The summed E-state index contributed by atoms with van der Waals surface area (Å²) in [6.07, 6.45) is 39.0. The van der Waals surface area contributed by atoms with E-state index in [2.05, 4.69) is 122 Å². The van der Waals surface area contributed by atoms with Gasteiger partial charge >= 0.3 is 0 Å². The average Bonchev–Trinajstić information content (AvgIpc) is 1.70. The minimum atomic E-state index is -0.789. The van der Waals surface area contributed by atoms with E-state index in [9.17, 15) is 49.8 Å². The molecule has 0 saturated heterocycles. The van der Waals surface area contributed by atoms with Crippen molar-refractivity contribution in [3.63, 3.8) is 0 Å². The predicted octanol–water partition coefficient (Wildman–Crippen LogP) is 20.0. The molecule has 0 radical (unpaired) electrons. The molecular weight excluding hydrogens is 1250 g/mol. The van der Waals surface area contributed by atoms with Gasteiger partial charge in [0.2, 0.25) is 0 Å². The quantitative estimate of drug-likeness (QED) is 0.0716. The Bertz CT molecular complexity index is 2580. The van der Waals surface area contributed by atoms with Gasteiger partial charge in [0.05, 0.1) is 50.4 Å². The molecule has 12 aliphatic rings. The highest BCUT2D eigenvalue weighted by molar-refractivity contribution is 7.93. The molecule has 0 aromatic heterocycles. The van der Waals surface area contributed by atoms with E-state index in [1.807, 2.05) is 41.5 Å². The fourth-order valence-electron chi connectivity index (χ4n) is 27.3. The molecule has 572 valence electrons. The number of halogens is 1. The second-order valence-corrected chi connectivity index (χ2v) is 42.1. The van der Waals surface area contributed by atoms with Crippen LogP contribution in [-0.2, 0) is 0 Å². The summed E-state index contributed by atoms with van der Waals surface area (Å²) in [6, 6.07) is 0. The van der Waals surface area contributed by atoms with Crippen LogP contribution in [-0.4, -0.2) is 103 Å². The highest BCUT2D eigenvalue weighted by Gasteiger charge is 2.68. The van der Waals surface area contributed by atoms with Crippen LogP contribution < -0.4 is 0 Å². The number of hydrogen-bond donors (Lipinski definition) is 9. The second kappa shape index (κ2) is 28.6. The summed E-state index contributed by atoms with van der Waals surface area (Å²) >= 11 is 0.250. The van der Waals surface area contributed by atoms with E-state index in [0.29, 0.717) is 88.8 Å². The molecule has 0 aromatic rings. The first-order valence-corrected chi connectivity index (χ1v) is 42.3. The Labute approximate surface area is 609 Å². The van der Waals surface area contributed by atoms with Crippen molar-refractivity contribution in [3.8, 4) is 0 Å². The first-order chi connectivity index (χ1) is 45.4. The van der Waals surface area contributed by atoms with Crippen molar-refractivity contribution in [2.45, 2.75) is 388 Å². The summed E-state index contributed by atoms with van der Waals surface area (Å²) in [5.41, 5.74) is -0.693. The Morgan fingerprint density at radius 2 is 0.606 bits per heavy atom. The minimum absolute atomic E-state index is 0.125. The minimum Gasteiger partial charge on any atom is -0.390 e. The van der Waals surface area contributed by atoms with Gasteiger partial charge in [-0.05, 0) is 376 Å². The van der Waals surface area contributed by atoms with Gasteiger partial charge in [0, 0.05) is 18.4 Å². The van der Waals surface area contributed by atoms with Crippen LogP contribution in [0.5, 0.6) is 0 Å². The summed E-state index contributed by atoms with van der Waals surface area (Å²) in [7, 11) is 0. The predicted molar refractivity (Wildman–Crippen MR) is 408 cm³/mol. The van der Waals surface area contributed by atoms with E-state index >= 15 is 0 Å². The average molecular weight is 1410 g/mol. The number of rotatable bonds is 15. The van der Waals surface area contributed by atoms with E-state index in [1.54, 1.807) is 0 Å². The maximum Gasteiger partial charge on any atom is 0.0836 e. The van der Waals surface area contributed by atoms with Crippen molar-refractivity contribution in [2.24, 2.45) is 121 Å². The fraction of sp³-hybridized carbons (Fsp3) is 0.932. The molecule has 12 rings (SSSR count). The molecule has 9 saturated carbocycles. The molecule has 9 nitrogen and oxygen atoms in total. The summed E-state index contributed by atoms with van der Waals surface area (Å²) < 4.78 is 10.2. The first kappa shape index (κ1) is 82.2. The summed E-state index contributed by atoms with van der Waals surface area (Å²) in [5, 5.41) is 99.6. The van der Waals surface area contributed by atoms with Crippen LogP contribution in [0.25, 0.3) is 0 Å². The molecule has 1 unspecified atom stereocenters. The lowest BCUT2D eigenvalue weighted by Crippen LogP contribution is -2.59. The number of hydrogen-bond acceptors (Lipinski definition) is 10. The van der Waals surface area contributed by atoms with Crippen LogP contribution >= 0.6 is 12.1 Å². The lowest BCUT2D eigenvalue weighted by molar-refractivity contribution is -0.140. The Hall–Kier alpha value is -0.860. The summed E-state index contributed by atoms with van der Waals surface area (Å²) in [5.74, 6) is 8.05. The molecule has 0 aromatic carbocycles. The van der Waals surface area contributed by atoms with Crippen molar-refractivity contribution in [1.29, 1.82) is 0 Å². The van der Waals surface area contributed by atoms with Crippen LogP contribution in [0.3, 0.4) is 0 Å². The maximum absolute atomic E-state index is 11.9. The molecule has 9 N–H and O–H groups in total. The van der Waals surface area contributed by atoms with Gasteiger partial charge in [-0.25, -0.2) is 0 Å². The zero-order chi connectivity index (χ0) is 73.9. The van der Waals surface area contributed by atoms with Gasteiger partial charge in [0.15, 0.2) is 0 Å². The monoisotopic (exact) mass is 1410 g/mol. The molecule has 0 heterocycles. The lowest BCUT2D eigenvalue weighted by atomic mass is 9.43. The van der Waals surface area contributed by atoms with Crippen molar-refractivity contribution in [1.82, 2.24) is 0 Å². The van der Waals surface area contributed by atoms with E-state index in [4.69, 9.17) is 0 Å². The van der Waals surface area contributed by atoms with Gasteiger partial charge in [-0.15, -0.1) is 0 Å². The van der Waals surface area contributed by atoms with E-state index in [-0.39, 0.29) is 44.6 Å². The Balaban J connectivity index is 0.000000170. The third-order valence-corrected chi connectivity index (χ3v) is 33.7. The van der Waals surface area contributed by atoms with Gasteiger partial charge in [-0.3, -0.25) is 0 Å². The second-order valence-electron chi connectivity index (χ2n) is 41.7. The molecule has 0 spiro atoms.